The lowest BCUT2D eigenvalue weighted by Gasteiger charge is -2.26. The fourth-order valence-corrected chi connectivity index (χ4v) is 5.68. The predicted molar refractivity (Wildman–Crippen MR) is 166 cm³/mol. The number of aryl methyl sites for hydroxylation is 1. The van der Waals surface area contributed by atoms with Gasteiger partial charge in [0.1, 0.15) is 11.9 Å². The third kappa shape index (κ3) is 7.15. The first-order chi connectivity index (χ1) is 21.8. The maximum atomic E-state index is 13.4. The molecule has 11 heteroatoms. The largest absolute Gasteiger partial charge is 0.432 e. The molecule has 0 radical (unpaired) electrons. The van der Waals surface area contributed by atoms with Crippen molar-refractivity contribution in [2.24, 2.45) is 0 Å². The van der Waals surface area contributed by atoms with Gasteiger partial charge in [-0.3, -0.25) is 5.41 Å². The molecule has 2 aliphatic heterocycles. The number of allylic oxidation sites excluding steroid dienone is 1. The van der Waals surface area contributed by atoms with Gasteiger partial charge in [0.15, 0.2) is 6.23 Å². The highest BCUT2D eigenvalue weighted by Crippen LogP contribution is 2.34. The van der Waals surface area contributed by atoms with Crippen LogP contribution in [0, 0.1) is 12.3 Å². The molecule has 2 aliphatic rings. The second-order valence-electron chi connectivity index (χ2n) is 11.3. The smallest absolute Gasteiger partial charge is 0.359 e. The molecule has 0 aliphatic carbocycles. The summed E-state index contributed by atoms with van der Waals surface area (Å²) >= 11 is 0. The number of alkyl halides is 3. The highest BCUT2D eigenvalue weighted by Gasteiger charge is 2.33. The van der Waals surface area contributed by atoms with E-state index in [-0.39, 0.29) is 17.6 Å². The molecular weight excluding hydrogens is 581 g/mol. The number of aromatic nitrogens is 4. The molecule has 3 aromatic heterocycles. The first-order valence-electron chi connectivity index (χ1n) is 15.2. The maximum absolute atomic E-state index is 13.4. The summed E-state index contributed by atoms with van der Waals surface area (Å²) in [7, 11) is 0. The number of ether oxygens (including phenoxy) is 2. The molecular formula is C34H35F3N6O2. The van der Waals surface area contributed by atoms with Gasteiger partial charge in [-0.2, -0.15) is 18.3 Å². The minimum absolute atomic E-state index is 0.0808. The van der Waals surface area contributed by atoms with Crippen LogP contribution in [0.15, 0.2) is 72.8 Å². The Morgan fingerprint density at radius 1 is 0.867 bits per heavy atom. The Bertz CT molecular complexity index is 1690. The zero-order valence-corrected chi connectivity index (χ0v) is 25.0. The zero-order chi connectivity index (χ0) is 31.4. The van der Waals surface area contributed by atoms with Crippen molar-refractivity contribution >= 4 is 11.4 Å². The van der Waals surface area contributed by atoms with Gasteiger partial charge in [-0.1, -0.05) is 36.4 Å². The Balaban J connectivity index is 1.36. The molecule has 2 fully saturated rings. The zero-order valence-electron chi connectivity index (χ0n) is 25.0. The number of hydrogen-bond acceptors (Lipinski definition) is 7. The molecule has 2 unspecified atom stereocenters. The van der Waals surface area contributed by atoms with E-state index in [0.29, 0.717) is 31.0 Å². The summed E-state index contributed by atoms with van der Waals surface area (Å²) < 4.78 is 53.9. The van der Waals surface area contributed by atoms with Gasteiger partial charge in [0.25, 0.3) is 0 Å². The Labute approximate surface area is 259 Å². The number of halogens is 3. The van der Waals surface area contributed by atoms with Gasteiger partial charge < -0.3 is 14.8 Å². The number of nitrogens with zero attached hydrogens (tertiary/aromatic N) is 4. The van der Waals surface area contributed by atoms with E-state index in [0.717, 1.165) is 66.4 Å². The molecule has 6 rings (SSSR count). The normalized spacial score (nSPS) is 19.3. The molecule has 0 spiro atoms. The number of pyridine rings is 2. The molecule has 0 bridgehead atoms. The Morgan fingerprint density at radius 3 is 2.20 bits per heavy atom. The van der Waals surface area contributed by atoms with Crippen LogP contribution in [0.1, 0.15) is 56.1 Å². The van der Waals surface area contributed by atoms with E-state index in [4.69, 9.17) is 29.9 Å². The van der Waals surface area contributed by atoms with Gasteiger partial charge in [0.2, 0.25) is 0 Å². The minimum atomic E-state index is -4.79. The second kappa shape index (κ2) is 13.3. The van der Waals surface area contributed by atoms with Crippen LogP contribution in [0.2, 0.25) is 0 Å². The number of rotatable bonds is 8. The van der Waals surface area contributed by atoms with Crippen LogP contribution in [0.5, 0.6) is 0 Å². The molecule has 45 heavy (non-hydrogen) atoms. The SMILES string of the molecule is Cc1cc(-c2cccc(-c3ccccc3-c3cccc(/C(=C/C(=N)C(F)(F)F)NC4CCCCO4)n3)n2)n(C2CCCCO2)n1. The van der Waals surface area contributed by atoms with Crippen molar-refractivity contribution in [3.8, 4) is 33.9 Å². The van der Waals surface area contributed by atoms with Crippen LogP contribution >= 0.6 is 0 Å². The van der Waals surface area contributed by atoms with Crippen LogP contribution in [0.3, 0.4) is 0 Å². The van der Waals surface area contributed by atoms with Gasteiger partial charge in [-0.25, -0.2) is 14.6 Å². The number of nitrogens with one attached hydrogen (secondary N) is 2. The van der Waals surface area contributed by atoms with E-state index in [1.807, 2.05) is 66.2 Å². The third-order valence-electron chi connectivity index (χ3n) is 7.89. The fraction of sp³-hybridized carbons (Fsp3) is 0.353. The van der Waals surface area contributed by atoms with Crippen LogP contribution in [-0.2, 0) is 9.47 Å². The molecule has 1 aromatic carbocycles. The van der Waals surface area contributed by atoms with Gasteiger partial charge in [-0.05, 0) is 81.9 Å². The third-order valence-corrected chi connectivity index (χ3v) is 7.89. The summed E-state index contributed by atoms with van der Waals surface area (Å²) in [5.41, 5.74) is 4.25. The van der Waals surface area contributed by atoms with Crippen molar-refractivity contribution in [2.75, 3.05) is 13.2 Å². The average Bonchev–Trinajstić information content (AvgIpc) is 3.46. The van der Waals surface area contributed by atoms with Crippen LogP contribution in [0.4, 0.5) is 13.2 Å². The van der Waals surface area contributed by atoms with Gasteiger partial charge in [0, 0.05) is 24.3 Å². The summed E-state index contributed by atoms with van der Waals surface area (Å²) in [6.45, 7) is 3.17. The van der Waals surface area contributed by atoms with Crippen LogP contribution in [0.25, 0.3) is 39.6 Å². The van der Waals surface area contributed by atoms with E-state index in [9.17, 15) is 13.2 Å². The second-order valence-corrected chi connectivity index (χ2v) is 11.3. The molecule has 4 aromatic rings. The molecule has 2 saturated heterocycles. The highest BCUT2D eigenvalue weighted by atomic mass is 19.4. The van der Waals surface area contributed by atoms with Crippen molar-refractivity contribution < 1.29 is 22.6 Å². The maximum Gasteiger partial charge on any atom is 0.432 e. The summed E-state index contributed by atoms with van der Waals surface area (Å²) in [5.74, 6) is 0. The summed E-state index contributed by atoms with van der Waals surface area (Å²) in [5, 5.41) is 15.4. The van der Waals surface area contributed by atoms with Crippen molar-refractivity contribution in [3.05, 3.63) is 84.2 Å². The van der Waals surface area contributed by atoms with Crippen molar-refractivity contribution in [2.45, 2.75) is 64.1 Å². The van der Waals surface area contributed by atoms with E-state index >= 15 is 0 Å². The minimum Gasteiger partial charge on any atom is -0.359 e. The summed E-state index contributed by atoms with van der Waals surface area (Å²) in [6, 6.07) is 20.7. The van der Waals surface area contributed by atoms with Gasteiger partial charge in [0.05, 0.1) is 39.9 Å². The first-order valence-corrected chi connectivity index (χ1v) is 15.2. The topological polar surface area (TPSA) is 97.9 Å². The van der Waals surface area contributed by atoms with Crippen molar-refractivity contribution in [3.63, 3.8) is 0 Å². The molecule has 2 N–H and O–H groups in total. The van der Waals surface area contributed by atoms with E-state index < -0.39 is 18.1 Å². The van der Waals surface area contributed by atoms with E-state index in [1.54, 1.807) is 12.1 Å². The molecule has 0 amide bonds. The number of hydrogen-bond donors (Lipinski definition) is 2. The quantitative estimate of drug-likeness (QED) is 0.197. The number of benzene rings is 1. The summed E-state index contributed by atoms with van der Waals surface area (Å²) in [6.07, 6.45) is 0.819. The Hall–Kier alpha value is -4.35. The molecule has 0 saturated carbocycles. The van der Waals surface area contributed by atoms with Crippen molar-refractivity contribution in [1.29, 1.82) is 5.41 Å². The monoisotopic (exact) mass is 616 g/mol. The highest BCUT2D eigenvalue weighted by molar-refractivity contribution is 6.02. The van der Waals surface area contributed by atoms with Crippen LogP contribution < -0.4 is 5.32 Å². The predicted octanol–water partition coefficient (Wildman–Crippen LogP) is 7.72. The Kier molecular flexibility index (Phi) is 9.09. The molecule has 234 valence electrons. The molecule has 8 nitrogen and oxygen atoms in total. The van der Waals surface area contributed by atoms with Crippen molar-refractivity contribution in [1.82, 2.24) is 25.1 Å². The lowest BCUT2D eigenvalue weighted by Crippen LogP contribution is -2.34. The fourth-order valence-electron chi connectivity index (χ4n) is 5.68. The van der Waals surface area contributed by atoms with Crippen LogP contribution in [-0.4, -0.2) is 51.1 Å². The average molecular weight is 617 g/mol. The Morgan fingerprint density at radius 2 is 1.53 bits per heavy atom. The lowest BCUT2D eigenvalue weighted by atomic mass is 10.00. The van der Waals surface area contributed by atoms with E-state index in [2.05, 4.69) is 5.32 Å². The molecule has 2 atom stereocenters. The molecule has 5 heterocycles. The van der Waals surface area contributed by atoms with E-state index in [1.165, 1.54) is 0 Å². The first kappa shape index (κ1) is 30.7. The summed E-state index contributed by atoms with van der Waals surface area (Å²) in [4.78, 5) is 9.81. The van der Waals surface area contributed by atoms with Gasteiger partial charge in [-0.15, -0.1) is 0 Å². The van der Waals surface area contributed by atoms with Gasteiger partial charge >= 0.3 is 6.18 Å². The standard InChI is InChI=1S/C34H35F3N6O2/c1-22-20-30(43(42-22)33-17-5-7-19-45-33)28-15-9-13-26(40-28)24-11-3-2-10-23(24)25-12-8-14-27(39-25)29(21-31(38)34(35,36)37)41-32-16-4-6-18-44-32/h2-3,8-15,20-21,32-33,38,41H,4-7,16-19H2,1H3/b29-21-,38-31?. The lowest BCUT2D eigenvalue weighted by molar-refractivity contribution is -0.0584.